The van der Waals surface area contributed by atoms with E-state index in [9.17, 15) is 9.59 Å². The highest BCUT2D eigenvalue weighted by molar-refractivity contribution is 5.83. The zero-order chi connectivity index (χ0) is 20.5. The van der Waals surface area contributed by atoms with Crippen molar-refractivity contribution in [3.8, 4) is 0 Å². The van der Waals surface area contributed by atoms with Crippen molar-refractivity contribution in [3.05, 3.63) is 70.0 Å². The highest BCUT2D eigenvalue weighted by Crippen LogP contribution is 2.22. The molecule has 3 heterocycles. The summed E-state index contributed by atoms with van der Waals surface area (Å²) in [5, 5.41) is 7.43. The molecule has 150 valence electrons. The van der Waals surface area contributed by atoms with E-state index in [4.69, 9.17) is 4.42 Å². The largest absolute Gasteiger partial charge is 0.460 e. The van der Waals surface area contributed by atoms with E-state index >= 15 is 0 Å². The summed E-state index contributed by atoms with van der Waals surface area (Å²) in [5.41, 5.74) is 2.94. The fourth-order valence-electron chi connectivity index (χ4n) is 3.70. The molecule has 29 heavy (non-hydrogen) atoms. The molecule has 3 aromatic heterocycles. The van der Waals surface area contributed by atoms with Gasteiger partial charge >= 0.3 is 0 Å². The van der Waals surface area contributed by atoms with Crippen LogP contribution in [0, 0.1) is 13.8 Å². The zero-order valence-electron chi connectivity index (χ0n) is 16.8. The minimum absolute atomic E-state index is 0.0390. The zero-order valence-corrected chi connectivity index (χ0v) is 16.8. The van der Waals surface area contributed by atoms with Crippen molar-refractivity contribution in [2.75, 3.05) is 0 Å². The van der Waals surface area contributed by atoms with Gasteiger partial charge in [0, 0.05) is 25.1 Å². The molecule has 4 aromatic rings. The van der Waals surface area contributed by atoms with Crippen LogP contribution in [-0.2, 0) is 11.3 Å². The van der Waals surface area contributed by atoms with Crippen LogP contribution in [-0.4, -0.2) is 20.1 Å². The summed E-state index contributed by atoms with van der Waals surface area (Å²) in [4.78, 5) is 25.1. The first-order valence-corrected chi connectivity index (χ1v) is 9.77. The smallest absolute Gasteiger partial charge is 0.291 e. The van der Waals surface area contributed by atoms with Crippen molar-refractivity contribution in [1.82, 2.24) is 19.5 Å². The third-order valence-corrected chi connectivity index (χ3v) is 5.11. The molecule has 4 rings (SSSR count). The third-order valence-electron chi connectivity index (χ3n) is 5.11. The van der Waals surface area contributed by atoms with Crippen molar-refractivity contribution < 1.29 is 9.21 Å². The Kier molecular flexibility index (Phi) is 4.96. The van der Waals surface area contributed by atoms with E-state index in [0.717, 1.165) is 16.8 Å². The van der Waals surface area contributed by atoms with E-state index in [1.165, 1.54) is 4.68 Å². The van der Waals surface area contributed by atoms with Crippen LogP contribution in [0.1, 0.15) is 43.0 Å². The minimum Gasteiger partial charge on any atom is -0.460 e. The number of benzene rings is 1. The van der Waals surface area contributed by atoms with Crippen molar-refractivity contribution in [1.29, 1.82) is 0 Å². The SMILES string of the molecule is Cc1cc2c(cc3c(=O)n(CCCC(=O)NC(C)c4ccccc4)nc(C)n32)o1. The Bertz CT molecular complexity index is 1230. The van der Waals surface area contributed by atoms with Crippen LogP contribution in [0.3, 0.4) is 0 Å². The molecule has 1 N–H and O–H groups in total. The molecule has 0 aliphatic carbocycles. The molecule has 0 bridgehead atoms. The first kappa shape index (κ1) is 19.0. The van der Waals surface area contributed by atoms with Crippen LogP contribution < -0.4 is 10.9 Å². The lowest BCUT2D eigenvalue weighted by Gasteiger charge is -2.14. The molecule has 0 saturated carbocycles. The first-order valence-electron chi connectivity index (χ1n) is 9.77. The fourth-order valence-corrected chi connectivity index (χ4v) is 3.70. The quantitative estimate of drug-likeness (QED) is 0.544. The molecule has 0 aliphatic rings. The molecule has 0 radical (unpaired) electrons. The van der Waals surface area contributed by atoms with Gasteiger partial charge in [0.05, 0.1) is 11.6 Å². The number of fused-ring (bicyclic) bond motifs is 3. The number of aryl methyl sites for hydroxylation is 3. The van der Waals surface area contributed by atoms with Crippen LogP contribution in [0.15, 0.2) is 51.7 Å². The van der Waals surface area contributed by atoms with Crippen LogP contribution in [0.4, 0.5) is 0 Å². The second-order valence-electron chi connectivity index (χ2n) is 7.35. The number of rotatable bonds is 6. The van der Waals surface area contributed by atoms with Crippen molar-refractivity contribution in [3.63, 3.8) is 0 Å². The number of amides is 1. The standard InChI is InChI=1S/C22H24N4O3/c1-14-12-18-20(29-14)13-19-22(28)25(24-16(3)26(18)19)11-7-10-21(27)23-15(2)17-8-5-4-6-9-17/h4-6,8-9,12-13,15H,7,10-11H2,1-3H3,(H,23,27). The lowest BCUT2D eigenvalue weighted by atomic mass is 10.1. The molecule has 0 fully saturated rings. The number of hydrogen-bond donors (Lipinski definition) is 1. The number of aromatic nitrogens is 3. The fraction of sp³-hybridized carbons (Fsp3) is 0.318. The molecule has 0 aliphatic heterocycles. The summed E-state index contributed by atoms with van der Waals surface area (Å²) >= 11 is 0. The van der Waals surface area contributed by atoms with Crippen molar-refractivity contribution in [2.24, 2.45) is 0 Å². The summed E-state index contributed by atoms with van der Waals surface area (Å²) < 4.78 is 8.89. The summed E-state index contributed by atoms with van der Waals surface area (Å²) in [7, 11) is 0. The molecule has 1 aromatic carbocycles. The number of carbonyl (C=O) groups excluding carboxylic acids is 1. The average Bonchev–Trinajstić information content (AvgIpc) is 3.22. The lowest BCUT2D eigenvalue weighted by Crippen LogP contribution is -2.29. The molecular weight excluding hydrogens is 368 g/mol. The summed E-state index contributed by atoms with van der Waals surface area (Å²) in [6.45, 7) is 6.08. The van der Waals surface area contributed by atoms with E-state index < -0.39 is 0 Å². The van der Waals surface area contributed by atoms with Gasteiger partial charge in [-0.1, -0.05) is 30.3 Å². The molecule has 0 spiro atoms. The predicted molar refractivity (Wildman–Crippen MR) is 111 cm³/mol. The monoisotopic (exact) mass is 392 g/mol. The first-order chi connectivity index (χ1) is 13.9. The van der Waals surface area contributed by atoms with E-state index in [2.05, 4.69) is 10.4 Å². The lowest BCUT2D eigenvalue weighted by molar-refractivity contribution is -0.121. The van der Waals surface area contributed by atoms with Gasteiger partial charge in [-0.25, -0.2) is 4.68 Å². The number of carbonyl (C=O) groups is 1. The van der Waals surface area contributed by atoms with Crippen LogP contribution >= 0.6 is 0 Å². The van der Waals surface area contributed by atoms with Crippen molar-refractivity contribution >= 4 is 22.5 Å². The Labute approximate surface area is 167 Å². The molecule has 1 unspecified atom stereocenters. The van der Waals surface area contributed by atoms with Gasteiger partial charge in [0.25, 0.3) is 5.56 Å². The molecule has 1 amide bonds. The second-order valence-corrected chi connectivity index (χ2v) is 7.35. The van der Waals surface area contributed by atoms with Crippen LogP contribution in [0.2, 0.25) is 0 Å². The summed E-state index contributed by atoms with van der Waals surface area (Å²) in [6.07, 6.45) is 0.865. The van der Waals surface area contributed by atoms with Crippen molar-refractivity contribution in [2.45, 2.75) is 46.2 Å². The number of furan rings is 1. The van der Waals surface area contributed by atoms with Gasteiger partial charge in [-0.2, -0.15) is 5.10 Å². The topological polar surface area (TPSA) is 81.5 Å². The van der Waals surface area contributed by atoms with Gasteiger partial charge in [-0.05, 0) is 32.8 Å². The third kappa shape index (κ3) is 3.68. The maximum absolute atomic E-state index is 12.8. The number of nitrogens with one attached hydrogen (secondary N) is 1. The van der Waals surface area contributed by atoms with Gasteiger partial charge in [0.15, 0.2) is 5.58 Å². The maximum atomic E-state index is 12.8. The molecule has 0 saturated heterocycles. The Balaban J connectivity index is 1.44. The Morgan fingerprint density at radius 2 is 1.93 bits per heavy atom. The minimum atomic E-state index is -0.183. The summed E-state index contributed by atoms with van der Waals surface area (Å²) in [5.74, 6) is 1.46. The number of nitrogens with zero attached hydrogens (tertiary/aromatic N) is 3. The van der Waals surface area contributed by atoms with E-state index in [1.807, 2.05) is 61.6 Å². The van der Waals surface area contributed by atoms with Gasteiger partial charge in [0.1, 0.15) is 17.1 Å². The Hall–Kier alpha value is -3.35. The highest BCUT2D eigenvalue weighted by atomic mass is 16.3. The molecular formula is C22H24N4O3. The Morgan fingerprint density at radius 3 is 2.69 bits per heavy atom. The van der Waals surface area contributed by atoms with Crippen LogP contribution in [0.25, 0.3) is 16.6 Å². The predicted octanol–water partition coefficient (Wildman–Crippen LogP) is 3.52. The van der Waals surface area contributed by atoms with Gasteiger partial charge in [-0.3, -0.25) is 14.0 Å². The molecule has 7 heteroatoms. The summed E-state index contributed by atoms with van der Waals surface area (Å²) in [6, 6.07) is 13.4. The molecule has 1 atom stereocenters. The maximum Gasteiger partial charge on any atom is 0.291 e. The van der Waals surface area contributed by atoms with E-state index in [-0.39, 0.29) is 17.5 Å². The Morgan fingerprint density at radius 1 is 1.17 bits per heavy atom. The highest BCUT2D eigenvalue weighted by Gasteiger charge is 2.15. The average molecular weight is 392 g/mol. The van der Waals surface area contributed by atoms with Gasteiger partial charge in [0.2, 0.25) is 5.91 Å². The van der Waals surface area contributed by atoms with Gasteiger partial charge in [-0.15, -0.1) is 0 Å². The number of hydrogen-bond acceptors (Lipinski definition) is 4. The van der Waals surface area contributed by atoms with E-state index in [1.54, 1.807) is 6.07 Å². The normalized spacial score (nSPS) is 12.5. The molecule has 7 nitrogen and oxygen atoms in total. The van der Waals surface area contributed by atoms with E-state index in [0.29, 0.717) is 36.3 Å². The van der Waals surface area contributed by atoms with Gasteiger partial charge < -0.3 is 9.73 Å². The van der Waals surface area contributed by atoms with Crippen LogP contribution in [0.5, 0.6) is 0 Å². The second kappa shape index (κ2) is 7.58.